The molecule has 2 rings (SSSR count). The van der Waals surface area contributed by atoms with Gasteiger partial charge >= 0.3 is 0 Å². The summed E-state index contributed by atoms with van der Waals surface area (Å²) in [6.45, 7) is 2.86. The number of hydrogen-bond donors (Lipinski definition) is 1. The maximum absolute atomic E-state index is 6.11. The third-order valence-corrected chi connectivity index (χ3v) is 3.18. The van der Waals surface area contributed by atoms with Crippen molar-refractivity contribution in [1.82, 2.24) is 0 Å². The Morgan fingerprint density at radius 1 is 1.50 bits per heavy atom. The van der Waals surface area contributed by atoms with Crippen LogP contribution >= 0.6 is 11.6 Å². The van der Waals surface area contributed by atoms with Crippen LogP contribution < -0.4 is 5.73 Å². The van der Waals surface area contributed by atoms with Crippen LogP contribution in [0.5, 0.6) is 0 Å². The zero-order valence-electron chi connectivity index (χ0n) is 8.26. The summed E-state index contributed by atoms with van der Waals surface area (Å²) in [5.74, 6) is 0.457. The summed E-state index contributed by atoms with van der Waals surface area (Å²) in [7, 11) is 0. The molecule has 0 fully saturated rings. The molecule has 1 unspecified atom stereocenters. The maximum atomic E-state index is 6.11. The Hall–Kier alpha value is -0.790. The minimum absolute atomic E-state index is 0.457. The molecular weight excluding hydrogens is 194 g/mol. The lowest BCUT2D eigenvalue weighted by molar-refractivity contribution is 0.684. The molecule has 1 aliphatic carbocycles. The van der Waals surface area contributed by atoms with Crippen molar-refractivity contribution in [1.29, 1.82) is 0 Å². The van der Waals surface area contributed by atoms with Crippen molar-refractivity contribution in [3.05, 3.63) is 39.9 Å². The Bertz CT molecular complexity index is 382. The van der Waals surface area contributed by atoms with Crippen molar-refractivity contribution in [2.75, 3.05) is 6.54 Å². The molecule has 0 saturated carbocycles. The van der Waals surface area contributed by atoms with E-state index in [0.29, 0.717) is 12.5 Å². The monoisotopic (exact) mass is 207 g/mol. The third-order valence-electron chi connectivity index (χ3n) is 2.85. The van der Waals surface area contributed by atoms with E-state index in [-0.39, 0.29) is 0 Å². The van der Waals surface area contributed by atoms with Gasteiger partial charge in [-0.25, -0.2) is 0 Å². The predicted octanol–water partition coefficient (Wildman–Crippen LogP) is 2.87. The lowest BCUT2D eigenvalue weighted by Gasteiger charge is -2.08. The van der Waals surface area contributed by atoms with Crippen molar-refractivity contribution >= 4 is 17.7 Å². The van der Waals surface area contributed by atoms with E-state index in [2.05, 4.69) is 19.1 Å². The van der Waals surface area contributed by atoms with Gasteiger partial charge in [-0.1, -0.05) is 42.3 Å². The molecule has 1 aromatic rings. The number of hydrogen-bond acceptors (Lipinski definition) is 1. The molecule has 0 aromatic heterocycles. The van der Waals surface area contributed by atoms with E-state index in [9.17, 15) is 0 Å². The molecule has 1 aromatic carbocycles. The van der Waals surface area contributed by atoms with Gasteiger partial charge in [-0.15, -0.1) is 0 Å². The number of rotatable bonds is 2. The molecule has 0 saturated heterocycles. The van der Waals surface area contributed by atoms with Gasteiger partial charge in [0.05, 0.1) is 0 Å². The molecule has 0 radical (unpaired) electrons. The summed E-state index contributed by atoms with van der Waals surface area (Å²) in [6, 6.07) is 6.08. The van der Waals surface area contributed by atoms with E-state index in [1.54, 1.807) is 0 Å². The highest BCUT2D eigenvalue weighted by Gasteiger charge is 2.17. The first-order valence-electron chi connectivity index (χ1n) is 4.90. The van der Waals surface area contributed by atoms with E-state index in [1.807, 2.05) is 12.1 Å². The van der Waals surface area contributed by atoms with E-state index < -0.39 is 0 Å². The van der Waals surface area contributed by atoms with Gasteiger partial charge in [0.1, 0.15) is 0 Å². The molecule has 14 heavy (non-hydrogen) atoms. The van der Waals surface area contributed by atoms with Gasteiger partial charge in [-0.3, -0.25) is 0 Å². The molecule has 0 bridgehead atoms. The first-order chi connectivity index (χ1) is 6.72. The third kappa shape index (κ3) is 1.58. The second kappa shape index (κ2) is 3.76. The standard InChI is InChI=1S/C12H14ClN/c1-8(7-14)10-5-9-3-2-4-12(13)11(9)6-10/h2-4,6,8H,5,7,14H2,1H3. The fraction of sp³-hybridized carbons (Fsp3) is 0.333. The zero-order valence-corrected chi connectivity index (χ0v) is 9.01. The van der Waals surface area contributed by atoms with Gasteiger partial charge in [0, 0.05) is 5.02 Å². The first kappa shape index (κ1) is 9.75. The Kier molecular flexibility index (Phi) is 2.62. The number of benzene rings is 1. The van der Waals surface area contributed by atoms with Crippen LogP contribution in [0.3, 0.4) is 0 Å². The molecule has 0 spiro atoms. The van der Waals surface area contributed by atoms with Gasteiger partial charge in [-0.05, 0) is 36.1 Å². The van der Waals surface area contributed by atoms with Gasteiger partial charge in [-0.2, -0.15) is 0 Å². The van der Waals surface area contributed by atoms with Crippen LogP contribution in [-0.2, 0) is 6.42 Å². The van der Waals surface area contributed by atoms with E-state index in [4.69, 9.17) is 17.3 Å². The highest BCUT2D eigenvalue weighted by molar-refractivity contribution is 6.32. The van der Waals surface area contributed by atoms with Crippen LogP contribution in [0, 0.1) is 5.92 Å². The molecule has 0 aliphatic heterocycles. The molecular formula is C12H14ClN. The smallest absolute Gasteiger partial charge is 0.0481 e. The van der Waals surface area contributed by atoms with E-state index in [0.717, 1.165) is 11.4 Å². The van der Waals surface area contributed by atoms with Gasteiger partial charge in [0.15, 0.2) is 0 Å². The van der Waals surface area contributed by atoms with Crippen molar-refractivity contribution in [3.63, 3.8) is 0 Å². The van der Waals surface area contributed by atoms with Crippen molar-refractivity contribution in [3.8, 4) is 0 Å². The van der Waals surface area contributed by atoms with Crippen LogP contribution in [0.25, 0.3) is 6.08 Å². The second-order valence-electron chi connectivity index (χ2n) is 3.85. The molecule has 0 heterocycles. The number of nitrogens with two attached hydrogens (primary N) is 1. The van der Waals surface area contributed by atoms with E-state index in [1.165, 1.54) is 16.7 Å². The van der Waals surface area contributed by atoms with Crippen LogP contribution in [-0.4, -0.2) is 6.54 Å². The molecule has 1 nitrogen and oxygen atoms in total. The fourth-order valence-corrected chi connectivity index (χ4v) is 2.07. The Morgan fingerprint density at radius 2 is 2.29 bits per heavy atom. The molecule has 2 N–H and O–H groups in total. The van der Waals surface area contributed by atoms with Crippen LogP contribution in [0.4, 0.5) is 0 Å². The molecule has 2 heteroatoms. The summed E-state index contributed by atoms with van der Waals surface area (Å²) in [6.07, 6.45) is 3.20. The quantitative estimate of drug-likeness (QED) is 0.793. The first-order valence-corrected chi connectivity index (χ1v) is 5.28. The van der Waals surface area contributed by atoms with Gasteiger partial charge in [0.25, 0.3) is 0 Å². The highest BCUT2D eigenvalue weighted by atomic mass is 35.5. The Balaban J connectivity index is 2.34. The average molecular weight is 208 g/mol. The fourth-order valence-electron chi connectivity index (χ4n) is 1.82. The lowest BCUT2D eigenvalue weighted by Crippen LogP contribution is -2.12. The summed E-state index contributed by atoms with van der Waals surface area (Å²) in [5, 5.41) is 0.849. The van der Waals surface area contributed by atoms with Gasteiger partial charge < -0.3 is 5.73 Å². The van der Waals surface area contributed by atoms with Crippen LogP contribution in [0.2, 0.25) is 5.02 Å². The van der Waals surface area contributed by atoms with Crippen molar-refractivity contribution < 1.29 is 0 Å². The summed E-state index contributed by atoms with van der Waals surface area (Å²) in [4.78, 5) is 0. The number of halogens is 1. The van der Waals surface area contributed by atoms with E-state index >= 15 is 0 Å². The van der Waals surface area contributed by atoms with Crippen LogP contribution in [0.1, 0.15) is 18.1 Å². The molecule has 74 valence electrons. The maximum Gasteiger partial charge on any atom is 0.0481 e. The minimum Gasteiger partial charge on any atom is -0.330 e. The van der Waals surface area contributed by atoms with Crippen molar-refractivity contribution in [2.45, 2.75) is 13.3 Å². The molecule has 1 atom stereocenters. The highest BCUT2D eigenvalue weighted by Crippen LogP contribution is 2.33. The van der Waals surface area contributed by atoms with Crippen molar-refractivity contribution in [2.24, 2.45) is 11.7 Å². The number of fused-ring (bicyclic) bond motifs is 1. The Labute approximate surface area is 89.6 Å². The lowest BCUT2D eigenvalue weighted by atomic mass is 10.00. The molecule has 1 aliphatic rings. The predicted molar refractivity (Wildman–Crippen MR) is 61.4 cm³/mol. The largest absolute Gasteiger partial charge is 0.330 e. The zero-order chi connectivity index (χ0) is 10.1. The summed E-state index contributed by atoms with van der Waals surface area (Å²) in [5.41, 5.74) is 9.56. The second-order valence-corrected chi connectivity index (χ2v) is 4.25. The summed E-state index contributed by atoms with van der Waals surface area (Å²) >= 11 is 6.11. The molecule has 0 amide bonds. The average Bonchev–Trinajstić information content (AvgIpc) is 2.62. The summed E-state index contributed by atoms with van der Waals surface area (Å²) < 4.78 is 0. The van der Waals surface area contributed by atoms with Gasteiger partial charge in [0.2, 0.25) is 0 Å². The minimum atomic E-state index is 0.457. The Morgan fingerprint density at radius 3 is 2.93 bits per heavy atom. The topological polar surface area (TPSA) is 26.0 Å². The normalized spacial score (nSPS) is 16.4. The van der Waals surface area contributed by atoms with Crippen LogP contribution in [0.15, 0.2) is 23.8 Å². The SMILES string of the molecule is CC(CN)C1=Cc2c(Cl)cccc2C1.